The van der Waals surface area contributed by atoms with E-state index in [1.807, 2.05) is 6.92 Å². The van der Waals surface area contributed by atoms with E-state index in [9.17, 15) is 4.79 Å². The maximum atomic E-state index is 11.8. The van der Waals surface area contributed by atoms with Gasteiger partial charge in [-0.3, -0.25) is 4.79 Å². The first kappa shape index (κ1) is 9.50. The van der Waals surface area contributed by atoms with Crippen molar-refractivity contribution in [1.29, 1.82) is 0 Å². The third kappa shape index (κ3) is 1.76. The summed E-state index contributed by atoms with van der Waals surface area (Å²) in [5.41, 5.74) is -0.109. The highest BCUT2D eigenvalue weighted by Crippen LogP contribution is 2.51. The minimum atomic E-state index is -0.109. The Morgan fingerprint density at radius 3 is 2.46 bits per heavy atom. The molecule has 0 saturated heterocycles. The Kier molecular flexibility index (Phi) is 2.39. The van der Waals surface area contributed by atoms with Crippen LogP contribution in [-0.4, -0.2) is 16.8 Å². The maximum Gasteiger partial charge on any atom is 0.227 e. The Balaban J connectivity index is 1.85. The van der Waals surface area contributed by atoms with Gasteiger partial charge < -0.3 is 5.32 Å². The largest absolute Gasteiger partial charge is 0.353 e. The maximum absolute atomic E-state index is 11.8. The van der Waals surface area contributed by atoms with E-state index >= 15 is 0 Å². The Labute approximate surface area is 87.6 Å². The molecule has 3 heteroatoms. The minimum absolute atomic E-state index is 0.109. The van der Waals surface area contributed by atoms with Gasteiger partial charge >= 0.3 is 0 Å². The number of nitrogens with one attached hydrogen (secondary N) is 1. The molecule has 0 unspecified atom stereocenters. The Hall–Kier alpha value is -0.0500. The molecule has 2 atom stereocenters. The predicted octanol–water partition coefficient (Wildman–Crippen LogP) is 2.22. The van der Waals surface area contributed by atoms with Gasteiger partial charge in [-0.1, -0.05) is 28.8 Å². The summed E-state index contributed by atoms with van der Waals surface area (Å²) in [7, 11) is 0. The zero-order valence-electron chi connectivity index (χ0n) is 7.98. The summed E-state index contributed by atoms with van der Waals surface area (Å²) in [6, 6.07) is 0.463. The van der Waals surface area contributed by atoms with Crippen molar-refractivity contribution in [2.75, 3.05) is 0 Å². The van der Waals surface area contributed by atoms with Gasteiger partial charge in [0.1, 0.15) is 0 Å². The molecule has 0 aliphatic heterocycles. The minimum Gasteiger partial charge on any atom is -0.353 e. The molecule has 2 nitrogen and oxygen atoms in total. The Bertz CT molecular complexity index is 225. The number of halogens is 1. The molecule has 74 valence electrons. The van der Waals surface area contributed by atoms with E-state index in [4.69, 9.17) is 0 Å². The van der Waals surface area contributed by atoms with Crippen molar-refractivity contribution >= 4 is 21.8 Å². The fourth-order valence-electron chi connectivity index (χ4n) is 1.97. The summed E-state index contributed by atoms with van der Waals surface area (Å²) in [6.07, 6.45) is 5.90. The van der Waals surface area contributed by atoms with Gasteiger partial charge in [-0.05, 0) is 26.2 Å². The molecule has 2 aliphatic carbocycles. The Morgan fingerprint density at radius 1 is 1.46 bits per heavy atom. The Morgan fingerprint density at radius 2 is 2.00 bits per heavy atom. The monoisotopic (exact) mass is 245 g/mol. The average Bonchev–Trinajstić information content (AvgIpc) is 2.53. The molecule has 0 heterocycles. The van der Waals surface area contributed by atoms with E-state index in [1.54, 1.807) is 0 Å². The number of alkyl halides is 1. The number of hydrogen-bond donors (Lipinski definition) is 1. The van der Waals surface area contributed by atoms with Crippen LogP contribution in [0, 0.1) is 5.41 Å². The number of carbonyl (C=O) groups excluding carboxylic acids is 1. The van der Waals surface area contributed by atoms with E-state index < -0.39 is 0 Å². The van der Waals surface area contributed by atoms with E-state index in [0.717, 1.165) is 6.42 Å². The zero-order valence-corrected chi connectivity index (χ0v) is 9.56. The lowest BCUT2D eigenvalue weighted by molar-refractivity contribution is -0.126. The molecule has 2 aliphatic rings. The fraction of sp³-hybridized carbons (Fsp3) is 0.900. The SMILES string of the molecule is C[C@]1(C(=O)NC2CCCC2)C[C@H]1Br. The second kappa shape index (κ2) is 3.26. The lowest BCUT2D eigenvalue weighted by atomic mass is 10.1. The highest BCUT2D eigenvalue weighted by molar-refractivity contribution is 9.09. The summed E-state index contributed by atoms with van der Waals surface area (Å²) in [5, 5.41) is 3.14. The number of rotatable bonds is 2. The molecule has 0 radical (unpaired) electrons. The first-order chi connectivity index (χ1) is 6.13. The number of amides is 1. The van der Waals surface area contributed by atoms with Crippen LogP contribution >= 0.6 is 15.9 Å². The van der Waals surface area contributed by atoms with Gasteiger partial charge in [0.05, 0.1) is 5.41 Å². The van der Waals surface area contributed by atoms with E-state index in [-0.39, 0.29) is 11.3 Å². The second-order valence-electron chi connectivity index (χ2n) is 4.54. The van der Waals surface area contributed by atoms with Crippen molar-refractivity contribution in [1.82, 2.24) is 5.32 Å². The zero-order chi connectivity index (χ0) is 9.47. The molecule has 2 fully saturated rings. The number of carbonyl (C=O) groups is 1. The van der Waals surface area contributed by atoms with Crippen LogP contribution in [0.1, 0.15) is 39.0 Å². The van der Waals surface area contributed by atoms with Crippen LogP contribution in [0.3, 0.4) is 0 Å². The van der Waals surface area contributed by atoms with Gasteiger partial charge in [0.15, 0.2) is 0 Å². The van der Waals surface area contributed by atoms with Gasteiger partial charge in [-0.2, -0.15) is 0 Å². The van der Waals surface area contributed by atoms with Gasteiger partial charge in [-0.25, -0.2) is 0 Å². The quantitative estimate of drug-likeness (QED) is 0.743. The molecule has 0 bridgehead atoms. The van der Waals surface area contributed by atoms with Gasteiger partial charge in [0.2, 0.25) is 5.91 Å². The van der Waals surface area contributed by atoms with Crippen molar-refractivity contribution in [2.24, 2.45) is 5.41 Å². The van der Waals surface area contributed by atoms with E-state index in [0.29, 0.717) is 10.9 Å². The van der Waals surface area contributed by atoms with Crippen LogP contribution < -0.4 is 5.32 Å². The molecule has 1 amide bonds. The summed E-state index contributed by atoms with van der Waals surface area (Å²) in [5.74, 6) is 0.251. The van der Waals surface area contributed by atoms with Gasteiger partial charge in [0, 0.05) is 10.9 Å². The molecule has 0 aromatic heterocycles. The highest BCUT2D eigenvalue weighted by Gasteiger charge is 2.54. The average molecular weight is 246 g/mol. The van der Waals surface area contributed by atoms with Crippen LogP contribution in [0.25, 0.3) is 0 Å². The molecule has 1 N–H and O–H groups in total. The fourth-order valence-corrected chi connectivity index (χ4v) is 2.85. The van der Waals surface area contributed by atoms with Crippen molar-refractivity contribution in [3.05, 3.63) is 0 Å². The lowest BCUT2D eigenvalue weighted by Crippen LogP contribution is -2.38. The first-order valence-corrected chi connectivity index (χ1v) is 5.99. The first-order valence-electron chi connectivity index (χ1n) is 5.08. The molecular weight excluding hydrogens is 230 g/mol. The van der Waals surface area contributed by atoms with E-state index in [1.165, 1.54) is 25.7 Å². The molecule has 2 saturated carbocycles. The summed E-state index contributed by atoms with van der Waals surface area (Å²) < 4.78 is 0. The van der Waals surface area contributed by atoms with E-state index in [2.05, 4.69) is 21.2 Å². The van der Waals surface area contributed by atoms with Gasteiger partial charge in [0.25, 0.3) is 0 Å². The molecular formula is C10H16BrNO. The standard InChI is InChI=1S/C10H16BrNO/c1-10(6-8(10)11)9(13)12-7-4-2-3-5-7/h7-8H,2-6H2,1H3,(H,12,13)/t8-,10+/m1/s1. The molecule has 0 spiro atoms. The number of hydrogen-bond acceptors (Lipinski definition) is 1. The van der Waals surface area contributed by atoms with Crippen molar-refractivity contribution < 1.29 is 4.79 Å². The van der Waals surface area contributed by atoms with Crippen LogP contribution in [0.4, 0.5) is 0 Å². The van der Waals surface area contributed by atoms with Gasteiger partial charge in [-0.15, -0.1) is 0 Å². The lowest BCUT2D eigenvalue weighted by Gasteiger charge is -2.15. The highest BCUT2D eigenvalue weighted by atomic mass is 79.9. The van der Waals surface area contributed by atoms with Crippen LogP contribution in [0.5, 0.6) is 0 Å². The molecule has 0 aromatic rings. The van der Waals surface area contributed by atoms with Crippen LogP contribution in [0.15, 0.2) is 0 Å². The molecule has 2 rings (SSSR count). The normalized spacial score (nSPS) is 39.1. The molecule has 0 aromatic carbocycles. The van der Waals surface area contributed by atoms with Crippen molar-refractivity contribution in [2.45, 2.75) is 49.9 Å². The van der Waals surface area contributed by atoms with Crippen molar-refractivity contribution in [3.8, 4) is 0 Å². The van der Waals surface area contributed by atoms with Crippen LogP contribution in [0.2, 0.25) is 0 Å². The summed E-state index contributed by atoms with van der Waals surface area (Å²) >= 11 is 3.49. The summed E-state index contributed by atoms with van der Waals surface area (Å²) in [4.78, 5) is 12.2. The van der Waals surface area contributed by atoms with Crippen molar-refractivity contribution in [3.63, 3.8) is 0 Å². The van der Waals surface area contributed by atoms with Crippen LogP contribution in [-0.2, 0) is 4.79 Å². The predicted molar refractivity (Wildman–Crippen MR) is 55.8 cm³/mol. The molecule has 13 heavy (non-hydrogen) atoms. The third-order valence-electron chi connectivity index (χ3n) is 3.34. The summed E-state index contributed by atoms with van der Waals surface area (Å²) in [6.45, 7) is 2.04. The topological polar surface area (TPSA) is 29.1 Å². The third-order valence-corrected chi connectivity index (χ3v) is 4.68. The second-order valence-corrected chi connectivity index (χ2v) is 5.65. The smallest absolute Gasteiger partial charge is 0.227 e.